The van der Waals surface area contributed by atoms with Gasteiger partial charge < -0.3 is 0 Å². The average Bonchev–Trinajstić information content (AvgIpc) is 2.58. The van der Waals surface area contributed by atoms with Crippen molar-refractivity contribution in [2.45, 2.75) is 86.4 Å². The molecule has 0 fully saturated rings. The first kappa shape index (κ1) is 25.3. The summed E-state index contributed by atoms with van der Waals surface area (Å²) >= 11 is -6.90. The van der Waals surface area contributed by atoms with Gasteiger partial charge in [-0.05, 0) is 0 Å². The standard InChI is InChI=1S/2C4H6F3.2C4H9O.Sn/c2*1-2-3(5)4(6)7;2*1-2-3-4-5;/h2*3H,2H2,1H3;2*2-4H2,1H3;/q;;2*-1;+2. The van der Waals surface area contributed by atoms with Gasteiger partial charge in [-0.15, -0.1) is 0 Å². The number of hydrogen-bond acceptors (Lipinski definition) is 2. The van der Waals surface area contributed by atoms with E-state index in [2.05, 4.69) is 0 Å². The number of unbranched alkanes of at least 4 members (excludes halogenated alkanes) is 2. The van der Waals surface area contributed by atoms with Crippen molar-refractivity contribution in [2.24, 2.45) is 0 Å². The summed E-state index contributed by atoms with van der Waals surface area (Å²) < 4.78 is 88.2. The molecule has 0 rings (SSSR count). The maximum atomic E-state index is 14.8. The summed E-state index contributed by atoms with van der Waals surface area (Å²) in [6.45, 7) is 4.86. The Labute approximate surface area is 151 Å². The van der Waals surface area contributed by atoms with E-state index in [9.17, 15) is 26.3 Å². The second kappa shape index (κ2) is 11.2. The van der Waals surface area contributed by atoms with Gasteiger partial charge in [-0.3, -0.25) is 0 Å². The first-order valence-electron chi connectivity index (χ1n) is 8.90. The van der Waals surface area contributed by atoms with Crippen molar-refractivity contribution in [3.63, 3.8) is 0 Å². The van der Waals surface area contributed by atoms with Crippen molar-refractivity contribution in [1.29, 1.82) is 0 Å². The van der Waals surface area contributed by atoms with Gasteiger partial charge in [-0.2, -0.15) is 0 Å². The van der Waals surface area contributed by atoms with Crippen molar-refractivity contribution in [2.75, 3.05) is 13.2 Å². The summed E-state index contributed by atoms with van der Waals surface area (Å²) in [6.07, 6.45) is -5.61. The van der Waals surface area contributed by atoms with Crippen LogP contribution in [0.3, 0.4) is 0 Å². The minimum absolute atomic E-state index is 0.230. The van der Waals surface area contributed by atoms with Gasteiger partial charge in [0, 0.05) is 0 Å². The van der Waals surface area contributed by atoms with Gasteiger partial charge in [-0.25, -0.2) is 0 Å². The SMILES string of the molecule is CCCC[O][Sn]([O]CCCC)([C](F)(F)C(F)CC)[C](F)(F)C(F)CC. The van der Waals surface area contributed by atoms with Crippen molar-refractivity contribution in [3.05, 3.63) is 0 Å². The fourth-order valence-electron chi connectivity index (χ4n) is 2.29. The van der Waals surface area contributed by atoms with Crippen LogP contribution in [-0.4, -0.2) is 52.6 Å². The van der Waals surface area contributed by atoms with Crippen LogP contribution in [-0.2, 0) is 6.15 Å². The van der Waals surface area contributed by atoms with Crippen LogP contribution < -0.4 is 0 Å². The molecule has 0 bridgehead atoms. The maximum absolute atomic E-state index is 14.8. The third-order valence-corrected chi connectivity index (χ3v) is 14.3. The predicted molar refractivity (Wildman–Crippen MR) is 87.7 cm³/mol. The van der Waals surface area contributed by atoms with E-state index in [0.29, 0.717) is 12.8 Å². The molecule has 0 aliphatic carbocycles. The van der Waals surface area contributed by atoms with E-state index in [1.807, 2.05) is 0 Å². The van der Waals surface area contributed by atoms with E-state index in [0.717, 1.165) is 13.8 Å². The molecule has 0 spiro atoms. The van der Waals surface area contributed by atoms with Crippen LogP contribution in [0, 0.1) is 0 Å². The molecule has 2 atom stereocenters. The van der Waals surface area contributed by atoms with Crippen molar-refractivity contribution in [1.82, 2.24) is 0 Å². The second-order valence-corrected chi connectivity index (χ2v) is 15.0. The Kier molecular flexibility index (Phi) is 11.3. The normalized spacial score (nSPS) is 16.1. The Bertz CT molecular complexity index is 337. The van der Waals surface area contributed by atoms with E-state index < -0.39 is 65.5 Å². The molecular formula is C16H30F6O2Sn. The molecule has 0 aromatic rings. The summed E-state index contributed by atoms with van der Waals surface area (Å²) in [5.41, 5.74) is 0. The van der Waals surface area contributed by atoms with E-state index in [-0.39, 0.29) is 12.8 Å². The molecule has 0 aromatic carbocycles. The molecule has 2 nitrogen and oxygen atoms in total. The van der Waals surface area contributed by atoms with Crippen LogP contribution in [0.2, 0.25) is 0 Å². The molecule has 2 unspecified atom stereocenters. The number of hydrogen-bond donors (Lipinski definition) is 0. The monoisotopic (exact) mass is 488 g/mol. The van der Waals surface area contributed by atoms with Gasteiger partial charge in [0.25, 0.3) is 0 Å². The van der Waals surface area contributed by atoms with Crippen LogP contribution in [0.25, 0.3) is 0 Å². The fourth-order valence-corrected chi connectivity index (χ4v) is 12.0. The molecule has 0 radical (unpaired) electrons. The zero-order valence-electron chi connectivity index (χ0n) is 15.4. The van der Waals surface area contributed by atoms with Crippen LogP contribution in [0.15, 0.2) is 0 Å². The van der Waals surface area contributed by atoms with Gasteiger partial charge in [0.2, 0.25) is 0 Å². The Hall–Kier alpha value is 0.299. The molecule has 0 saturated heterocycles. The minimum atomic E-state index is -6.90. The van der Waals surface area contributed by atoms with Crippen molar-refractivity contribution < 1.29 is 32.5 Å². The molecule has 9 heteroatoms. The zero-order chi connectivity index (χ0) is 19.7. The molecule has 0 saturated carbocycles. The van der Waals surface area contributed by atoms with Crippen molar-refractivity contribution in [3.8, 4) is 0 Å². The first-order valence-corrected chi connectivity index (χ1v) is 14.1. The second-order valence-electron chi connectivity index (χ2n) is 6.02. The average molecular weight is 487 g/mol. The molecule has 0 amide bonds. The molecule has 25 heavy (non-hydrogen) atoms. The van der Waals surface area contributed by atoms with Crippen molar-refractivity contribution >= 4 is 19.2 Å². The van der Waals surface area contributed by atoms with Crippen LogP contribution >= 0.6 is 0 Å². The summed E-state index contributed by atoms with van der Waals surface area (Å²) in [5, 5.41) is 0. The Morgan fingerprint density at radius 1 is 0.720 bits per heavy atom. The summed E-state index contributed by atoms with van der Waals surface area (Å²) in [6, 6.07) is 0. The van der Waals surface area contributed by atoms with E-state index in [1.165, 1.54) is 0 Å². The molecular weight excluding hydrogens is 457 g/mol. The zero-order valence-corrected chi connectivity index (χ0v) is 18.2. The quantitative estimate of drug-likeness (QED) is 0.173. The fraction of sp³-hybridized carbons (Fsp3) is 1.00. The molecule has 0 aromatic heterocycles. The Morgan fingerprint density at radius 2 is 1.04 bits per heavy atom. The summed E-state index contributed by atoms with van der Waals surface area (Å²) in [5.74, 6) is 0. The molecule has 0 heterocycles. The summed E-state index contributed by atoms with van der Waals surface area (Å²) in [7, 11) is 0. The molecule has 0 N–H and O–H groups in total. The van der Waals surface area contributed by atoms with Gasteiger partial charge in [-0.1, -0.05) is 0 Å². The Balaban J connectivity index is 6.11. The van der Waals surface area contributed by atoms with Gasteiger partial charge >= 0.3 is 151 Å². The van der Waals surface area contributed by atoms with Crippen LogP contribution in [0.5, 0.6) is 0 Å². The first-order chi connectivity index (χ1) is 11.6. The van der Waals surface area contributed by atoms with Gasteiger partial charge in [0.15, 0.2) is 0 Å². The third kappa shape index (κ3) is 5.64. The van der Waals surface area contributed by atoms with E-state index >= 15 is 0 Å². The Morgan fingerprint density at radius 3 is 1.28 bits per heavy atom. The van der Waals surface area contributed by atoms with Gasteiger partial charge in [0.1, 0.15) is 0 Å². The molecule has 152 valence electrons. The number of halogens is 6. The molecule has 0 aliphatic rings. The van der Waals surface area contributed by atoms with Crippen LogP contribution in [0.4, 0.5) is 26.3 Å². The molecule has 0 aliphatic heterocycles. The van der Waals surface area contributed by atoms with E-state index in [4.69, 9.17) is 6.15 Å². The van der Waals surface area contributed by atoms with Crippen LogP contribution in [0.1, 0.15) is 66.2 Å². The number of alkyl halides is 6. The predicted octanol–water partition coefficient (Wildman–Crippen LogP) is 5.91. The van der Waals surface area contributed by atoms with Gasteiger partial charge in [0.05, 0.1) is 0 Å². The summed E-state index contributed by atoms with van der Waals surface area (Å²) in [4.78, 5) is 0. The number of rotatable bonds is 14. The topological polar surface area (TPSA) is 18.5 Å². The third-order valence-electron chi connectivity index (χ3n) is 3.99. The van der Waals surface area contributed by atoms with E-state index in [1.54, 1.807) is 13.8 Å².